The highest BCUT2D eigenvalue weighted by Crippen LogP contribution is 2.23. The summed E-state index contributed by atoms with van der Waals surface area (Å²) < 4.78 is 31.7. The summed E-state index contributed by atoms with van der Waals surface area (Å²) in [5.74, 6) is -1.80. The minimum absolute atomic E-state index is 0.0169. The molecule has 2 aromatic heterocycles. The molecule has 1 amide bonds. The van der Waals surface area contributed by atoms with Crippen LogP contribution in [0.2, 0.25) is 0 Å². The number of alkyl halides is 3. The molecule has 0 spiro atoms. The number of rotatable bonds is 3. The van der Waals surface area contributed by atoms with Crippen LogP contribution in [0.4, 0.5) is 19.0 Å². The van der Waals surface area contributed by atoms with Gasteiger partial charge in [0.2, 0.25) is 0 Å². The Morgan fingerprint density at radius 3 is 2.40 bits per heavy atom. The zero-order chi connectivity index (χ0) is 22.3. The van der Waals surface area contributed by atoms with Crippen molar-refractivity contribution in [3.63, 3.8) is 0 Å². The molecule has 162 valence electrons. The standard InChI is InChI=1S/C17H21N5O.C2HF3O2/c1-3-21(2)16-13-7-10-22(11-8-14(13)19-12-20-16)17(23)15-6-4-5-9-18-15;3-2(4,5)1(6)7/h4-6,9,12H,3,7-8,10-11H2,1-2H3;(H,6,7). The van der Waals surface area contributed by atoms with Crippen molar-refractivity contribution in [3.8, 4) is 0 Å². The average molecular weight is 425 g/mol. The summed E-state index contributed by atoms with van der Waals surface area (Å²) >= 11 is 0. The van der Waals surface area contributed by atoms with Crippen molar-refractivity contribution in [2.75, 3.05) is 31.6 Å². The van der Waals surface area contributed by atoms with Gasteiger partial charge in [-0.05, 0) is 25.5 Å². The van der Waals surface area contributed by atoms with Crippen LogP contribution in [0.1, 0.15) is 28.7 Å². The topological polar surface area (TPSA) is 99.5 Å². The first-order valence-electron chi connectivity index (χ1n) is 9.19. The number of aliphatic carboxylic acids is 1. The maximum atomic E-state index is 12.6. The number of halogens is 3. The number of carbonyl (C=O) groups is 2. The smallest absolute Gasteiger partial charge is 0.475 e. The van der Waals surface area contributed by atoms with Crippen molar-refractivity contribution in [2.24, 2.45) is 0 Å². The number of carboxylic acid groups (broad SMARTS) is 1. The second-order valence-electron chi connectivity index (χ2n) is 6.45. The summed E-state index contributed by atoms with van der Waals surface area (Å²) in [4.78, 5) is 38.5. The van der Waals surface area contributed by atoms with E-state index in [0.717, 1.165) is 36.5 Å². The number of hydrogen-bond donors (Lipinski definition) is 1. The van der Waals surface area contributed by atoms with Crippen LogP contribution >= 0.6 is 0 Å². The predicted octanol–water partition coefficient (Wildman–Crippen LogP) is 2.20. The molecule has 30 heavy (non-hydrogen) atoms. The van der Waals surface area contributed by atoms with Gasteiger partial charge in [-0.2, -0.15) is 13.2 Å². The SMILES string of the molecule is CCN(C)c1ncnc2c1CCN(C(=O)c1ccccn1)CC2.O=C(O)C(F)(F)F. The molecule has 3 heterocycles. The monoisotopic (exact) mass is 425 g/mol. The lowest BCUT2D eigenvalue weighted by Gasteiger charge is -2.20. The van der Waals surface area contributed by atoms with Crippen LogP contribution < -0.4 is 4.90 Å². The van der Waals surface area contributed by atoms with Crippen molar-refractivity contribution < 1.29 is 27.9 Å². The Morgan fingerprint density at radius 2 is 1.83 bits per heavy atom. The zero-order valence-corrected chi connectivity index (χ0v) is 16.6. The fraction of sp³-hybridized carbons (Fsp3) is 0.421. The molecule has 1 aliphatic rings. The van der Waals surface area contributed by atoms with Gasteiger partial charge in [-0.15, -0.1) is 0 Å². The molecule has 1 N–H and O–H groups in total. The van der Waals surface area contributed by atoms with Crippen molar-refractivity contribution in [1.82, 2.24) is 19.9 Å². The molecule has 3 rings (SSSR count). The van der Waals surface area contributed by atoms with Gasteiger partial charge in [0.05, 0.1) is 5.69 Å². The summed E-state index contributed by atoms with van der Waals surface area (Å²) in [6.07, 6.45) is -0.286. The minimum atomic E-state index is -5.08. The van der Waals surface area contributed by atoms with Crippen LogP contribution in [0.15, 0.2) is 30.7 Å². The fourth-order valence-corrected chi connectivity index (χ4v) is 2.84. The molecule has 0 radical (unpaired) electrons. The predicted molar refractivity (Wildman–Crippen MR) is 102 cm³/mol. The highest BCUT2D eigenvalue weighted by atomic mass is 19.4. The van der Waals surface area contributed by atoms with Crippen molar-refractivity contribution >= 4 is 17.7 Å². The molecule has 0 atom stereocenters. The van der Waals surface area contributed by atoms with E-state index in [2.05, 4.69) is 26.8 Å². The van der Waals surface area contributed by atoms with E-state index >= 15 is 0 Å². The lowest BCUT2D eigenvalue weighted by molar-refractivity contribution is -0.192. The molecule has 0 saturated carbocycles. The van der Waals surface area contributed by atoms with Gasteiger partial charge in [0, 0.05) is 44.9 Å². The van der Waals surface area contributed by atoms with Crippen LogP contribution in [0.25, 0.3) is 0 Å². The molecule has 0 bridgehead atoms. The van der Waals surface area contributed by atoms with E-state index in [-0.39, 0.29) is 5.91 Å². The molecule has 0 unspecified atom stereocenters. The highest BCUT2D eigenvalue weighted by Gasteiger charge is 2.38. The van der Waals surface area contributed by atoms with Gasteiger partial charge in [0.1, 0.15) is 17.8 Å². The van der Waals surface area contributed by atoms with Gasteiger partial charge in [-0.25, -0.2) is 14.8 Å². The molecule has 0 fully saturated rings. The van der Waals surface area contributed by atoms with Gasteiger partial charge >= 0.3 is 12.1 Å². The van der Waals surface area contributed by atoms with Gasteiger partial charge in [0.15, 0.2) is 0 Å². The maximum Gasteiger partial charge on any atom is 0.490 e. The number of nitrogens with zero attached hydrogens (tertiary/aromatic N) is 5. The first kappa shape index (κ1) is 23.0. The normalized spacial score (nSPS) is 13.4. The third kappa shape index (κ3) is 5.88. The van der Waals surface area contributed by atoms with Crippen molar-refractivity contribution in [2.45, 2.75) is 25.9 Å². The zero-order valence-electron chi connectivity index (χ0n) is 16.6. The third-order valence-electron chi connectivity index (χ3n) is 4.51. The molecule has 2 aromatic rings. The van der Waals surface area contributed by atoms with Gasteiger partial charge in [-0.1, -0.05) is 6.07 Å². The first-order valence-corrected chi connectivity index (χ1v) is 9.19. The van der Waals surface area contributed by atoms with Crippen LogP contribution in [0.3, 0.4) is 0 Å². The van der Waals surface area contributed by atoms with Gasteiger partial charge in [-0.3, -0.25) is 9.78 Å². The largest absolute Gasteiger partial charge is 0.490 e. The maximum absolute atomic E-state index is 12.6. The Morgan fingerprint density at radius 1 is 1.17 bits per heavy atom. The number of pyridine rings is 1. The summed E-state index contributed by atoms with van der Waals surface area (Å²) in [5.41, 5.74) is 2.70. The second-order valence-corrected chi connectivity index (χ2v) is 6.45. The number of amides is 1. The lowest BCUT2D eigenvalue weighted by atomic mass is 10.1. The van der Waals surface area contributed by atoms with Crippen LogP contribution in [-0.4, -0.2) is 69.7 Å². The van der Waals surface area contributed by atoms with E-state index in [1.165, 1.54) is 0 Å². The van der Waals surface area contributed by atoms with E-state index in [1.54, 1.807) is 18.6 Å². The minimum Gasteiger partial charge on any atom is -0.475 e. The Hall–Kier alpha value is -3.24. The molecule has 0 saturated heterocycles. The van der Waals surface area contributed by atoms with E-state index in [1.807, 2.05) is 24.1 Å². The Labute approximate surface area is 171 Å². The van der Waals surface area contributed by atoms with E-state index < -0.39 is 12.1 Å². The molecular weight excluding hydrogens is 403 g/mol. The number of carboxylic acids is 1. The van der Waals surface area contributed by atoms with E-state index in [4.69, 9.17) is 9.90 Å². The molecule has 1 aliphatic heterocycles. The Bertz CT molecular complexity index is 877. The summed E-state index contributed by atoms with van der Waals surface area (Å²) in [5, 5.41) is 7.12. The number of aromatic nitrogens is 3. The van der Waals surface area contributed by atoms with Gasteiger partial charge < -0.3 is 14.9 Å². The summed E-state index contributed by atoms with van der Waals surface area (Å²) in [6, 6.07) is 5.42. The molecule has 0 aromatic carbocycles. The molecule has 11 heteroatoms. The van der Waals surface area contributed by atoms with Crippen molar-refractivity contribution in [3.05, 3.63) is 47.7 Å². The number of anilines is 1. The van der Waals surface area contributed by atoms with Crippen molar-refractivity contribution in [1.29, 1.82) is 0 Å². The van der Waals surface area contributed by atoms with E-state index in [9.17, 15) is 18.0 Å². The number of hydrogen-bond acceptors (Lipinski definition) is 6. The Kier molecular flexibility index (Phi) is 7.67. The highest BCUT2D eigenvalue weighted by molar-refractivity contribution is 5.92. The van der Waals surface area contributed by atoms with E-state index in [0.29, 0.717) is 18.8 Å². The number of carbonyl (C=O) groups excluding carboxylic acids is 1. The third-order valence-corrected chi connectivity index (χ3v) is 4.51. The lowest BCUT2D eigenvalue weighted by Crippen LogP contribution is -2.33. The van der Waals surface area contributed by atoms with Crippen LogP contribution in [-0.2, 0) is 17.6 Å². The number of fused-ring (bicyclic) bond motifs is 1. The Balaban J connectivity index is 0.000000396. The molecule has 8 nitrogen and oxygen atoms in total. The molecule has 0 aliphatic carbocycles. The fourth-order valence-electron chi connectivity index (χ4n) is 2.84. The summed E-state index contributed by atoms with van der Waals surface area (Å²) in [7, 11) is 2.03. The quantitative estimate of drug-likeness (QED) is 0.805. The van der Waals surface area contributed by atoms with Gasteiger partial charge in [0.25, 0.3) is 5.91 Å². The van der Waals surface area contributed by atoms with Crippen LogP contribution in [0.5, 0.6) is 0 Å². The first-order chi connectivity index (χ1) is 14.1. The molecular formula is C19H22F3N5O3. The average Bonchev–Trinajstić information content (AvgIpc) is 2.95. The summed E-state index contributed by atoms with van der Waals surface area (Å²) in [6.45, 7) is 4.32. The van der Waals surface area contributed by atoms with Crippen LogP contribution in [0, 0.1) is 0 Å². The second kappa shape index (κ2) is 9.99.